The van der Waals surface area contributed by atoms with Crippen LogP contribution < -0.4 is 10.6 Å². The average molecular weight is 485 g/mol. The minimum atomic E-state index is -1.51. The number of carbonyl (C=O) groups excluding carboxylic acids is 3. The van der Waals surface area contributed by atoms with E-state index in [1.54, 1.807) is 0 Å². The summed E-state index contributed by atoms with van der Waals surface area (Å²) < 4.78 is 14.9. The Hall–Kier alpha value is -3.92. The summed E-state index contributed by atoms with van der Waals surface area (Å²) in [5.41, 5.74) is 4.25. The molecule has 0 saturated carbocycles. The maximum Gasteiger partial charge on any atom is 0.407 e. The molecular weight excluding hydrogens is 456 g/mol. The van der Waals surface area contributed by atoms with Crippen LogP contribution in [0.2, 0.25) is 0 Å². The Morgan fingerprint density at radius 3 is 2.06 bits per heavy atom. The number of nitrogens with one attached hydrogen (secondary N) is 2. The van der Waals surface area contributed by atoms with Gasteiger partial charge in [0.2, 0.25) is 5.91 Å². The molecule has 2 atom stereocenters. The second-order valence-electron chi connectivity index (χ2n) is 7.98. The highest BCUT2D eigenvalue weighted by molar-refractivity contribution is 5.91. The van der Waals surface area contributed by atoms with Gasteiger partial charge in [-0.25, -0.2) is 9.59 Å². The standard InChI is InChI=1S/C25H28N2O8/c1-33-12-11-20(23(29)26-21(24(30)31)13-22(28)34-2)27-25(32)35-14-19-17-9-5-3-7-15(17)16-8-4-6-10-18(16)19/h3-10,19-21H,11-14H2,1-2H3,(H,26,29)(H,27,32)(H,30,31)/t20?,21-/m1/s1. The maximum absolute atomic E-state index is 12.7. The van der Waals surface area contributed by atoms with Gasteiger partial charge in [-0.15, -0.1) is 0 Å². The normalized spacial score (nSPS) is 13.7. The number of methoxy groups -OCH3 is 2. The summed E-state index contributed by atoms with van der Waals surface area (Å²) in [6, 6.07) is 13.1. The van der Waals surface area contributed by atoms with Gasteiger partial charge in [0, 0.05) is 26.1 Å². The molecule has 3 N–H and O–H groups in total. The van der Waals surface area contributed by atoms with Crippen LogP contribution in [0, 0.1) is 0 Å². The first-order valence-electron chi connectivity index (χ1n) is 11.1. The SMILES string of the molecule is COCCC(NC(=O)OCC1c2ccccc2-c2ccccc21)C(=O)N[C@H](CC(=O)OC)C(=O)O. The van der Waals surface area contributed by atoms with E-state index in [0.717, 1.165) is 29.4 Å². The van der Waals surface area contributed by atoms with Gasteiger partial charge in [-0.05, 0) is 22.3 Å². The van der Waals surface area contributed by atoms with Crippen LogP contribution >= 0.6 is 0 Å². The van der Waals surface area contributed by atoms with Crippen LogP contribution in [0.3, 0.4) is 0 Å². The summed E-state index contributed by atoms with van der Waals surface area (Å²) in [5.74, 6) is -3.14. The molecule has 1 aliphatic rings. The predicted molar refractivity (Wildman–Crippen MR) is 125 cm³/mol. The van der Waals surface area contributed by atoms with Crippen LogP contribution in [-0.2, 0) is 28.6 Å². The number of esters is 1. The number of carboxylic acid groups (broad SMARTS) is 1. The molecule has 10 nitrogen and oxygen atoms in total. The molecule has 186 valence electrons. The number of hydrogen-bond donors (Lipinski definition) is 3. The van der Waals surface area contributed by atoms with Crippen LogP contribution in [0.4, 0.5) is 4.79 Å². The molecule has 2 aromatic rings. The van der Waals surface area contributed by atoms with Gasteiger partial charge < -0.3 is 30.0 Å². The molecule has 0 spiro atoms. The fraction of sp³-hybridized carbons (Fsp3) is 0.360. The van der Waals surface area contributed by atoms with E-state index in [1.165, 1.54) is 7.11 Å². The number of amides is 2. The van der Waals surface area contributed by atoms with Crippen molar-refractivity contribution in [1.82, 2.24) is 10.6 Å². The van der Waals surface area contributed by atoms with E-state index in [2.05, 4.69) is 15.4 Å². The van der Waals surface area contributed by atoms with E-state index in [9.17, 15) is 24.3 Å². The van der Waals surface area contributed by atoms with E-state index >= 15 is 0 Å². The highest BCUT2D eigenvalue weighted by atomic mass is 16.5. The number of rotatable bonds is 11. The first kappa shape index (κ1) is 25.7. The van der Waals surface area contributed by atoms with Crippen LogP contribution in [0.1, 0.15) is 29.9 Å². The maximum atomic E-state index is 12.7. The molecule has 10 heteroatoms. The van der Waals surface area contributed by atoms with E-state index in [1.807, 2.05) is 48.5 Å². The topological polar surface area (TPSA) is 140 Å². The summed E-state index contributed by atoms with van der Waals surface area (Å²) in [6.07, 6.45) is -1.32. The number of alkyl carbamates (subject to hydrolysis) is 1. The lowest BCUT2D eigenvalue weighted by Crippen LogP contribution is -2.52. The van der Waals surface area contributed by atoms with Crippen LogP contribution in [0.5, 0.6) is 0 Å². The molecule has 0 saturated heterocycles. The lowest BCUT2D eigenvalue weighted by atomic mass is 9.98. The quantitative estimate of drug-likeness (QED) is 0.412. The zero-order valence-electron chi connectivity index (χ0n) is 19.5. The third kappa shape index (κ3) is 6.36. The van der Waals surface area contributed by atoms with Crippen molar-refractivity contribution in [3.8, 4) is 11.1 Å². The first-order chi connectivity index (χ1) is 16.8. The van der Waals surface area contributed by atoms with Crippen molar-refractivity contribution < 1.29 is 38.5 Å². The Labute approximate surface area is 202 Å². The van der Waals surface area contributed by atoms with Crippen molar-refractivity contribution in [2.45, 2.75) is 30.8 Å². The van der Waals surface area contributed by atoms with E-state index in [4.69, 9.17) is 9.47 Å². The van der Waals surface area contributed by atoms with Crippen molar-refractivity contribution in [2.75, 3.05) is 27.4 Å². The molecule has 2 aromatic carbocycles. The average Bonchev–Trinajstić information content (AvgIpc) is 3.18. The number of benzene rings is 2. The summed E-state index contributed by atoms with van der Waals surface area (Å²) in [5, 5.41) is 14.0. The zero-order valence-corrected chi connectivity index (χ0v) is 19.5. The largest absolute Gasteiger partial charge is 0.480 e. The number of aliphatic carboxylic acids is 1. The van der Waals surface area contributed by atoms with Crippen molar-refractivity contribution in [1.29, 1.82) is 0 Å². The molecule has 0 heterocycles. The fourth-order valence-electron chi connectivity index (χ4n) is 4.01. The predicted octanol–water partition coefficient (Wildman–Crippen LogP) is 2.06. The summed E-state index contributed by atoms with van der Waals surface area (Å²) in [6.45, 7) is 0.176. The first-order valence-corrected chi connectivity index (χ1v) is 11.1. The highest BCUT2D eigenvalue weighted by Gasteiger charge is 2.31. The van der Waals surface area contributed by atoms with Crippen molar-refractivity contribution >= 4 is 23.9 Å². The molecule has 0 aromatic heterocycles. The molecule has 35 heavy (non-hydrogen) atoms. The Morgan fingerprint density at radius 2 is 1.51 bits per heavy atom. The Kier molecular flexibility index (Phi) is 8.80. The summed E-state index contributed by atoms with van der Waals surface area (Å²) >= 11 is 0. The molecule has 0 radical (unpaired) electrons. The highest BCUT2D eigenvalue weighted by Crippen LogP contribution is 2.44. The molecule has 0 aliphatic heterocycles. The van der Waals surface area contributed by atoms with Gasteiger partial charge in [0.25, 0.3) is 0 Å². The molecule has 1 aliphatic carbocycles. The molecule has 0 fully saturated rings. The van der Waals surface area contributed by atoms with Gasteiger partial charge in [0.05, 0.1) is 13.5 Å². The number of fused-ring (bicyclic) bond motifs is 3. The smallest absolute Gasteiger partial charge is 0.407 e. The molecular formula is C25H28N2O8. The van der Waals surface area contributed by atoms with Gasteiger partial charge in [0.1, 0.15) is 18.7 Å². The van der Waals surface area contributed by atoms with E-state index < -0.39 is 42.4 Å². The van der Waals surface area contributed by atoms with Crippen LogP contribution in [0.25, 0.3) is 11.1 Å². The Balaban J connectivity index is 1.65. The lowest BCUT2D eigenvalue weighted by Gasteiger charge is -2.21. The van der Waals surface area contributed by atoms with Gasteiger partial charge in [-0.2, -0.15) is 0 Å². The lowest BCUT2D eigenvalue weighted by molar-refractivity contribution is -0.149. The molecule has 2 amide bonds. The number of hydrogen-bond acceptors (Lipinski definition) is 7. The third-order valence-electron chi connectivity index (χ3n) is 5.78. The van der Waals surface area contributed by atoms with Crippen LogP contribution in [-0.4, -0.2) is 68.6 Å². The second kappa shape index (κ2) is 12.0. The minimum Gasteiger partial charge on any atom is -0.480 e. The van der Waals surface area contributed by atoms with Crippen molar-refractivity contribution in [3.63, 3.8) is 0 Å². The Morgan fingerprint density at radius 1 is 0.914 bits per heavy atom. The third-order valence-corrected chi connectivity index (χ3v) is 5.78. The minimum absolute atomic E-state index is 0.0541. The number of ether oxygens (including phenoxy) is 3. The zero-order chi connectivity index (χ0) is 25.4. The van der Waals surface area contributed by atoms with Crippen molar-refractivity contribution in [2.24, 2.45) is 0 Å². The van der Waals surface area contributed by atoms with Gasteiger partial charge in [-0.1, -0.05) is 48.5 Å². The van der Waals surface area contributed by atoms with Crippen LogP contribution in [0.15, 0.2) is 48.5 Å². The molecule has 1 unspecified atom stereocenters. The summed E-state index contributed by atoms with van der Waals surface area (Å²) in [4.78, 5) is 48.2. The van der Waals surface area contributed by atoms with E-state index in [0.29, 0.717) is 0 Å². The van der Waals surface area contributed by atoms with Gasteiger partial charge in [-0.3, -0.25) is 9.59 Å². The summed E-state index contributed by atoms with van der Waals surface area (Å²) in [7, 11) is 2.54. The second-order valence-corrected chi connectivity index (χ2v) is 7.98. The molecule has 3 rings (SSSR count). The number of carbonyl (C=O) groups is 4. The van der Waals surface area contributed by atoms with Gasteiger partial charge in [0.15, 0.2) is 0 Å². The van der Waals surface area contributed by atoms with E-state index in [-0.39, 0.29) is 25.6 Å². The molecule has 0 bridgehead atoms. The van der Waals surface area contributed by atoms with Crippen molar-refractivity contribution in [3.05, 3.63) is 59.7 Å². The number of carboxylic acids is 1. The monoisotopic (exact) mass is 484 g/mol. The Bertz CT molecular complexity index is 1040. The fourth-order valence-corrected chi connectivity index (χ4v) is 4.01. The van der Waals surface area contributed by atoms with Gasteiger partial charge >= 0.3 is 18.0 Å².